The average Bonchev–Trinajstić information content (AvgIpc) is 3.32. The maximum atomic E-state index is 12.9. The molecule has 1 amide bonds. The van der Waals surface area contributed by atoms with Gasteiger partial charge in [0, 0.05) is 18.2 Å². The van der Waals surface area contributed by atoms with Crippen LogP contribution in [0, 0.1) is 12.8 Å². The van der Waals surface area contributed by atoms with Gasteiger partial charge in [0.15, 0.2) is 15.5 Å². The fourth-order valence-corrected chi connectivity index (χ4v) is 5.41. The summed E-state index contributed by atoms with van der Waals surface area (Å²) in [6, 6.07) is 1.69. The SMILES string of the molecule is Cc1nn([C@H]2CCS(=O)(=O)C2)c2nc(C3CC3)cc(C(=O)NCC(C)C)c12. The molecule has 2 aliphatic rings. The van der Waals surface area contributed by atoms with Gasteiger partial charge in [-0.05, 0) is 38.2 Å². The van der Waals surface area contributed by atoms with E-state index in [1.807, 2.05) is 13.0 Å². The minimum absolute atomic E-state index is 0.0907. The molecule has 0 unspecified atom stereocenters. The summed E-state index contributed by atoms with van der Waals surface area (Å²) < 4.78 is 25.6. The molecule has 0 aromatic carbocycles. The second-order valence-corrected chi connectivity index (χ2v) is 10.5. The molecular weight excluding hydrogens is 364 g/mol. The predicted octanol–water partition coefficient (Wildman–Crippen LogP) is 2.36. The van der Waals surface area contributed by atoms with Crippen LogP contribution in [0.3, 0.4) is 0 Å². The van der Waals surface area contributed by atoms with Crippen LogP contribution >= 0.6 is 0 Å². The summed E-state index contributed by atoms with van der Waals surface area (Å²) in [5, 5.41) is 8.34. The topological polar surface area (TPSA) is 93.9 Å². The first-order valence-electron chi connectivity index (χ1n) is 9.63. The van der Waals surface area contributed by atoms with Crippen LogP contribution in [0.5, 0.6) is 0 Å². The van der Waals surface area contributed by atoms with Gasteiger partial charge in [-0.1, -0.05) is 13.8 Å². The highest BCUT2D eigenvalue weighted by Gasteiger charge is 2.34. The second kappa shape index (κ2) is 6.58. The smallest absolute Gasteiger partial charge is 0.252 e. The minimum atomic E-state index is -3.03. The average molecular weight is 391 g/mol. The lowest BCUT2D eigenvalue weighted by atomic mass is 10.1. The number of rotatable bonds is 5. The van der Waals surface area contributed by atoms with Crippen molar-refractivity contribution in [2.75, 3.05) is 18.1 Å². The number of pyridine rings is 1. The zero-order valence-electron chi connectivity index (χ0n) is 16.0. The van der Waals surface area contributed by atoms with Crippen LogP contribution in [0.2, 0.25) is 0 Å². The normalized spacial score (nSPS) is 21.9. The number of sulfone groups is 1. The molecule has 8 heteroatoms. The van der Waals surface area contributed by atoms with Crippen LogP contribution in [0.1, 0.15) is 66.8 Å². The first kappa shape index (κ1) is 18.4. The molecule has 0 spiro atoms. The third-order valence-electron chi connectivity index (χ3n) is 5.32. The molecule has 0 radical (unpaired) electrons. The third-order valence-corrected chi connectivity index (χ3v) is 7.07. The highest BCUT2D eigenvalue weighted by atomic mass is 32.2. The maximum absolute atomic E-state index is 12.9. The molecule has 1 saturated carbocycles. The van der Waals surface area contributed by atoms with Crippen molar-refractivity contribution in [2.24, 2.45) is 5.92 Å². The van der Waals surface area contributed by atoms with Gasteiger partial charge in [-0.25, -0.2) is 18.1 Å². The lowest BCUT2D eigenvalue weighted by Crippen LogP contribution is -2.27. The van der Waals surface area contributed by atoms with E-state index in [0.29, 0.717) is 36.0 Å². The van der Waals surface area contributed by atoms with E-state index in [2.05, 4.69) is 24.3 Å². The van der Waals surface area contributed by atoms with Gasteiger partial charge in [0.2, 0.25) is 0 Å². The number of fused-ring (bicyclic) bond motifs is 1. The molecule has 0 bridgehead atoms. The summed E-state index contributed by atoms with van der Waals surface area (Å²) in [7, 11) is -3.03. The quantitative estimate of drug-likeness (QED) is 0.846. The molecule has 1 aliphatic carbocycles. The van der Waals surface area contributed by atoms with E-state index < -0.39 is 9.84 Å². The number of carbonyl (C=O) groups excluding carboxylic acids is 1. The van der Waals surface area contributed by atoms with Gasteiger partial charge in [0.25, 0.3) is 5.91 Å². The van der Waals surface area contributed by atoms with Crippen molar-refractivity contribution in [1.29, 1.82) is 0 Å². The number of nitrogens with zero attached hydrogens (tertiary/aromatic N) is 3. The third kappa shape index (κ3) is 3.59. The lowest BCUT2D eigenvalue weighted by molar-refractivity contribution is 0.0950. The highest BCUT2D eigenvalue weighted by molar-refractivity contribution is 7.91. The van der Waals surface area contributed by atoms with Gasteiger partial charge in [0.05, 0.1) is 34.2 Å². The van der Waals surface area contributed by atoms with Crippen LogP contribution < -0.4 is 5.32 Å². The molecule has 27 heavy (non-hydrogen) atoms. The standard InChI is InChI=1S/C19H26N4O3S/c1-11(2)9-20-19(24)15-8-16(13-4-5-13)21-18-17(15)12(3)22-23(18)14-6-7-27(25,26)10-14/h8,11,13-14H,4-7,9-10H2,1-3H3,(H,20,24)/t14-/m0/s1. The van der Waals surface area contributed by atoms with E-state index in [-0.39, 0.29) is 23.5 Å². The van der Waals surface area contributed by atoms with Gasteiger partial charge in [-0.15, -0.1) is 0 Å². The fraction of sp³-hybridized carbons (Fsp3) is 0.632. The Hall–Kier alpha value is -1.96. The molecule has 146 valence electrons. The molecule has 1 saturated heterocycles. The summed E-state index contributed by atoms with van der Waals surface area (Å²) in [4.78, 5) is 17.7. The summed E-state index contributed by atoms with van der Waals surface area (Å²) in [5.41, 5.74) is 2.89. The molecule has 2 aromatic rings. The number of carbonyl (C=O) groups is 1. The number of nitrogens with one attached hydrogen (secondary N) is 1. The van der Waals surface area contributed by atoms with Crippen molar-refractivity contribution in [2.45, 2.75) is 52.0 Å². The van der Waals surface area contributed by atoms with Crippen molar-refractivity contribution in [1.82, 2.24) is 20.1 Å². The Labute approximate surface area is 159 Å². The molecule has 4 rings (SSSR count). The molecule has 7 nitrogen and oxygen atoms in total. The van der Waals surface area contributed by atoms with Crippen LogP contribution in [-0.4, -0.2) is 47.1 Å². The van der Waals surface area contributed by atoms with Gasteiger partial charge < -0.3 is 5.32 Å². The Balaban J connectivity index is 1.82. The second-order valence-electron chi connectivity index (χ2n) is 8.26. The first-order chi connectivity index (χ1) is 12.7. The number of aromatic nitrogens is 3. The zero-order valence-corrected chi connectivity index (χ0v) is 16.8. The summed E-state index contributed by atoms with van der Waals surface area (Å²) >= 11 is 0. The molecule has 3 heterocycles. The number of hydrogen-bond donors (Lipinski definition) is 1. The van der Waals surface area contributed by atoms with Crippen molar-refractivity contribution < 1.29 is 13.2 Å². The van der Waals surface area contributed by atoms with E-state index >= 15 is 0 Å². The van der Waals surface area contributed by atoms with Crippen molar-refractivity contribution in [3.63, 3.8) is 0 Å². The zero-order chi connectivity index (χ0) is 19.3. The Bertz CT molecular complexity index is 1010. The van der Waals surface area contributed by atoms with Crippen LogP contribution in [-0.2, 0) is 9.84 Å². The minimum Gasteiger partial charge on any atom is -0.352 e. The van der Waals surface area contributed by atoms with Gasteiger partial charge in [-0.3, -0.25) is 4.79 Å². The summed E-state index contributed by atoms with van der Waals surface area (Å²) in [6.45, 7) is 6.58. The van der Waals surface area contributed by atoms with Crippen LogP contribution in [0.25, 0.3) is 11.0 Å². The van der Waals surface area contributed by atoms with E-state index in [4.69, 9.17) is 4.98 Å². The molecule has 2 fully saturated rings. The largest absolute Gasteiger partial charge is 0.352 e. The molecular formula is C19H26N4O3S. The number of aryl methyl sites for hydroxylation is 1. The van der Waals surface area contributed by atoms with E-state index in [1.165, 1.54) is 0 Å². The number of hydrogen-bond acceptors (Lipinski definition) is 5. The van der Waals surface area contributed by atoms with Crippen molar-refractivity contribution in [3.05, 3.63) is 23.0 Å². The maximum Gasteiger partial charge on any atom is 0.252 e. The van der Waals surface area contributed by atoms with Crippen molar-refractivity contribution >= 4 is 26.8 Å². The molecule has 2 aromatic heterocycles. The summed E-state index contributed by atoms with van der Waals surface area (Å²) in [5.74, 6) is 0.915. The van der Waals surface area contributed by atoms with Crippen molar-refractivity contribution in [3.8, 4) is 0 Å². The van der Waals surface area contributed by atoms with E-state index in [9.17, 15) is 13.2 Å². The highest BCUT2D eigenvalue weighted by Crippen LogP contribution is 2.41. The van der Waals surface area contributed by atoms with Crippen LogP contribution in [0.15, 0.2) is 6.07 Å². The molecule has 1 N–H and O–H groups in total. The van der Waals surface area contributed by atoms with Gasteiger partial charge >= 0.3 is 0 Å². The predicted molar refractivity (Wildman–Crippen MR) is 104 cm³/mol. The first-order valence-corrected chi connectivity index (χ1v) is 11.5. The van der Waals surface area contributed by atoms with Gasteiger partial charge in [0.1, 0.15) is 0 Å². The Morgan fingerprint density at radius 3 is 2.67 bits per heavy atom. The Morgan fingerprint density at radius 1 is 1.33 bits per heavy atom. The number of amides is 1. The lowest BCUT2D eigenvalue weighted by Gasteiger charge is -2.12. The monoisotopic (exact) mass is 390 g/mol. The van der Waals surface area contributed by atoms with E-state index in [0.717, 1.165) is 29.6 Å². The van der Waals surface area contributed by atoms with Gasteiger partial charge in [-0.2, -0.15) is 5.10 Å². The molecule has 1 aliphatic heterocycles. The van der Waals surface area contributed by atoms with E-state index in [1.54, 1.807) is 4.68 Å². The fourth-order valence-electron chi connectivity index (χ4n) is 3.71. The summed E-state index contributed by atoms with van der Waals surface area (Å²) in [6.07, 6.45) is 2.70. The Kier molecular flexibility index (Phi) is 4.49. The molecule has 1 atom stereocenters. The van der Waals surface area contributed by atoms with Crippen LogP contribution in [0.4, 0.5) is 0 Å². The Morgan fingerprint density at radius 2 is 2.07 bits per heavy atom.